The number of hydrogen-bond donors (Lipinski definition) is 1. The SMILES string of the molecule is CCNC(Cc1nc(CCOCCOC)no1)C1CC1. The van der Waals surface area contributed by atoms with Crippen molar-refractivity contribution in [1.82, 2.24) is 15.5 Å². The summed E-state index contributed by atoms with van der Waals surface area (Å²) in [6, 6.07) is 0.478. The maximum Gasteiger partial charge on any atom is 0.228 e. The lowest BCUT2D eigenvalue weighted by Crippen LogP contribution is -2.33. The number of nitrogens with zero attached hydrogens (tertiary/aromatic N) is 2. The molecule has 0 aliphatic heterocycles. The molecule has 1 atom stereocenters. The average Bonchev–Trinajstić information content (AvgIpc) is 3.20. The van der Waals surface area contributed by atoms with E-state index in [1.165, 1.54) is 12.8 Å². The summed E-state index contributed by atoms with van der Waals surface area (Å²) in [7, 11) is 1.66. The highest BCUT2D eigenvalue weighted by Crippen LogP contribution is 2.33. The van der Waals surface area contributed by atoms with E-state index in [1.54, 1.807) is 7.11 Å². The van der Waals surface area contributed by atoms with E-state index in [9.17, 15) is 0 Å². The molecule has 0 amide bonds. The fraction of sp³-hybridized carbons (Fsp3) is 0.857. The van der Waals surface area contributed by atoms with Crippen molar-refractivity contribution < 1.29 is 14.0 Å². The predicted molar refractivity (Wildman–Crippen MR) is 74.6 cm³/mol. The predicted octanol–water partition coefficient (Wildman–Crippen LogP) is 1.21. The van der Waals surface area contributed by atoms with Gasteiger partial charge in [0.2, 0.25) is 5.89 Å². The first-order valence-corrected chi connectivity index (χ1v) is 7.45. The van der Waals surface area contributed by atoms with Crippen molar-refractivity contribution in [3.63, 3.8) is 0 Å². The van der Waals surface area contributed by atoms with Gasteiger partial charge in [0.25, 0.3) is 0 Å². The summed E-state index contributed by atoms with van der Waals surface area (Å²) in [5, 5.41) is 7.50. The molecule has 1 N–H and O–H groups in total. The van der Waals surface area contributed by atoms with Gasteiger partial charge in [-0.2, -0.15) is 4.98 Å². The molecule has 20 heavy (non-hydrogen) atoms. The van der Waals surface area contributed by atoms with E-state index in [1.807, 2.05) is 0 Å². The summed E-state index contributed by atoms with van der Waals surface area (Å²) in [4.78, 5) is 4.43. The monoisotopic (exact) mass is 283 g/mol. The molecular formula is C14H25N3O3. The zero-order valence-electron chi connectivity index (χ0n) is 12.4. The van der Waals surface area contributed by atoms with Crippen LogP contribution in [0.15, 0.2) is 4.52 Å². The second-order valence-corrected chi connectivity index (χ2v) is 5.17. The third-order valence-corrected chi connectivity index (χ3v) is 3.46. The first kappa shape index (κ1) is 15.4. The normalized spacial score (nSPS) is 16.5. The Bertz CT molecular complexity index is 379. The molecule has 0 aromatic carbocycles. The zero-order valence-corrected chi connectivity index (χ0v) is 12.4. The molecule has 1 aliphatic carbocycles. The maximum absolute atomic E-state index is 5.40. The Morgan fingerprint density at radius 2 is 2.20 bits per heavy atom. The summed E-state index contributed by atoms with van der Waals surface area (Å²) < 4.78 is 15.6. The molecule has 114 valence electrons. The summed E-state index contributed by atoms with van der Waals surface area (Å²) in [6.07, 6.45) is 4.14. The second-order valence-electron chi connectivity index (χ2n) is 5.17. The molecule has 1 unspecified atom stereocenters. The smallest absolute Gasteiger partial charge is 0.228 e. The highest BCUT2D eigenvalue weighted by atomic mass is 16.5. The van der Waals surface area contributed by atoms with Crippen molar-refractivity contribution in [3.8, 4) is 0 Å². The van der Waals surface area contributed by atoms with Crippen LogP contribution in [0.1, 0.15) is 31.5 Å². The Kier molecular flexibility index (Phi) is 6.42. The summed E-state index contributed by atoms with van der Waals surface area (Å²) in [5.74, 6) is 2.24. The number of aromatic nitrogens is 2. The molecule has 0 spiro atoms. The lowest BCUT2D eigenvalue weighted by Gasteiger charge is -2.14. The van der Waals surface area contributed by atoms with Gasteiger partial charge in [-0.3, -0.25) is 0 Å². The highest BCUT2D eigenvalue weighted by molar-refractivity contribution is 4.95. The maximum atomic E-state index is 5.40. The first-order valence-electron chi connectivity index (χ1n) is 7.45. The van der Waals surface area contributed by atoms with Crippen LogP contribution in [0.25, 0.3) is 0 Å². The number of likely N-dealkylation sites (N-methyl/N-ethyl adjacent to an activating group) is 1. The van der Waals surface area contributed by atoms with E-state index in [0.717, 1.165) is 30.6 Å². The van der Waals surface area contributed by atoms with Gasteiger partial charge in [0.1, 0.15) is 0 Å². The average molecular weight is 283 g/mol. The molecule has 1 heterocycles. The molecule has 0 bridgehead atoms. The third kappa shape index (κ3) is 5.19. The van der Waals surface area contributed by atoms with Crippen molar-refractivity contribution in [1.29, 1.82) is 0 Å². The zero-order chi connectivity index (χ0) is 14.2. The number of ether oxygens (including phenoxy) is 2. The largest absolute Gasteiger partial charge is 0.382 e. The van der Waals surface area contributed by atoms with Crippen LogP contribution in [0.2, 0.25) is 0 Å². The number of nitrogens with one attached hydrogen (secondary N) is 1. The molecule has 1 fully saturated rings. The van der Waals surface area contributed by atoms with Gasteiger partial charge in [-0.05, 0) is 25.3 Å². The molecule has 2 rings (SSSR count). The van der Waals surface area contributed by atoms with Crippen molar-refractivity contribution in [3.05, 3.63) is 11.7 Å². The van der Waals surface area contributed by atoms with Gasteiger partial charge in [0.15, 0.2) is 5.82 Å². The topological polar surface area (TPSA) is 69.4 Å². The molecule has 1 saturated carbocycles. The standard InChI is InChI=1S/C14H25N3O3/c1-3-15-12(11-4-5-11)10-14-16-13(17-20-14)6-7-19-9-8-18-2/h11-12,15H,3-10H2,1-2H3. The fourth-order valence-corrected chi connectivity index (χ4v) is 2.24. The first-order chi connectivity index (χ1) is 9.83. The molecule has 6 nitrogen and oxygen atoms in total. The number of methoxy groups -OCH3 is 1. The van der Waals surface area contributed by atoms with E-state index in [0.29, 0.717) is 32.3 Å². The highest BCUT2D eigenvalue weighted by Gasteiger charge is 2.31. The van der Waals surface area contributed by atoms with Gasteiger partial charge in [-0.15, -0.1) is 0 Å². The second kappa shape index (κ2) is 8.34. The Balaban J connectivity index is 1.70. The van der Waals surface area contributed by atoms with Crippen LogP contribution >= 0.6 is 0 Å². The molecule has 1 aliphatic rings. The van der Waals surface area contributed by atoms with Crippen molar-refractivity contribution in [2.75, 3.05) is 33.5 Å². The molecular weight excluding hydrogens is 258 g/mol. The van der Waals surface area contributed by atoms with E-state index in [-0.39, 0.29) is 0 Å². The van der Waals surface area contributed by atoms with Crippen molar-refractivity contribution in [2.45, 2.75) is 38.6 Å². The fourth-order valence-electron chi connectivity index (χ4n) is 2.24. The quantitative estimate of drug-likeness (QED) is 0.616. The molecule has 1 aromatic heterocycles. The van der Waals surface area contributed by atoms with Gasteiger partial charge in [0, 0.05) is 26.0 Å². The minimum atomic E-state index is 0.478. The van der Waals surface area contributed by atoms with Crippen LogP contribution in [-0.4, -0.2) is 49.7 Å². The van der Waals surface area contributed by atoms with E-state index in [2.05, 4.69) is 22.4 Å². The number of rotatable bonds is 11. The van der Waals surface area contributed by atoms with Gasteiger partial charge in [-0.1, -0.05) is 12.1 Å². The van der Waals surface area contributed by atoms with Gasteiger partial charge >= 0.3 is 0 Å². The van der Waals surface area contributed by atoms with Crippen molar-refractivity contribution in [2.24, 2.45) is 5.92 Å². The minimum Gasteiger partial charge on any atom is -0.382 e. The summed E-state index contributed by atoms with van der Waals surface area (Å²) in [5.41, 5.74) is 0. The van der Waals surface area contributed by atoms with Gasteiger partial charge < -0.3 is 19.3 Å². The molecule has 6 heteroatoms. The Morgan fingerprint density at radius 3 is 2.90 bits per heavy atom. The summed E-state index contributed by atoms with van der Waals surface area (Å²) >= 11 is 0. The Morgan fingerprint density at radius 1 is 1.35 bits per heavy atom. The summed E-state index contributed by atoms with van der Waals surface area (Å²) in [6.45, 7) is 4.93. The molecule has 0 saturated heterocycles. The van der Waals surface area contributed by atoms with Crippen LogP contribution < -0.4 is 5.32 Å². The van der Waals surface area contributed by atoms with Crippen molar-refractivity contribution >= 4 is 0 Å². The number of hydrogen-bond acceptors (Lipinski definition) is 6. The minimum absolute atomic E-state index is 0.478. The Hall–Kier alpha value is -0.980. The van der Waals surface area contributed by atoms with Crippen LogP contribution in [0, 0.1) is 5.92 Å². The van der Waals surface area contributed by atoms with Crippen LogP contribution in [-0.2, 0) is 22.3 Å². The lowest BCUT2D eigenvalue weighted by molar-refractivity contribution is 0.0714. The third-order valence-electron chi connectivity index (χ3n) is 3.46. The van der Waals surface area contributed by atoms with E-state index >= 15 is 0 Å². The van der Waals surface area contributed by atoms with Crippen LogP contribution in [0.3, 0.4) is 0 Å². The van der Waals surface area contributed by atoms with Gasteiger partial charge in [-0.25, -0.2) is 0 Å². The van der Waals surface area contributed by atoms with E-state index in [4.69, 9.17) is 14.0 Å². The lowest BCUT2D eigenvalue weighted by atomic mass is 10.1. The van der Waals surface area contributed by atoms with Crippen LogP contribution in [0.5, 0.6) is 0 Å². The van der Waals surface area contributed by atoms with E-state index < -0.39 is 0 Å². The molecule has 0 radical (unpaired) electrons. The Labute approximate surface area is 120 Å². The molecule has 1 aromatic rings. The van der Waals surface area contributed by atoms with Gasteiger partial charge in [0.05, 0.1) is 19.8 Å². The van der Waals surface area contributed by atoms with Crippen LogP contribution in [0.4, 0.5) is 0 Å².